The molecule has 0 bridgehead atoms. The molecule has 1 atom stereocenters. The number of hydrogen-bond donors (Lipinski definition) is 1. The number of rotatable bonds is 11. The maximum atomic E-state index is 12.6. The highest BCUT2D eigenvalue weighted by atomic mass is 16.6. The molecule has 0 spiro atoms. The second-order valence-electron chi connectivity index (χ2n) is 8.80. The number of nitrogens with two attached hydrogens (primary N) is 1. The van der Waals surface area contributed by atoms with Crippen molar-refractivity contribution in [3.63, 3.8) is 0 Å². The van der Waals surface area contributed by atoms with E-state index in [4.69, 9.17) is 15.2 Å². The Bertz CT molecular complexity index is 1120. The van der Waals surface area contributed by atoms with Crippen molar-refractivity contribution in [1.82, 2.24) is 24.5 Å². The van der Waals surface area contributed by atoms with Gasteiger partial charge in [0.05, 0.1) is 19.2 Å². The number of carbonyl (C=O) groups is 1. The van der Waals surface area contributed by atoms with Gasteiger partial charge in [-0.05, 0) is 56.8 Å². The third kappa shape index (κ3) is 5.82. The first-order valence-electron chi connectivity index (χ1n) is 12.4. The van der Waals surface area contributed by atoms with Crippen LogP contribution in [-0.4, -0.2) is 69.5 Å². The number of anilines is 1. The quantitative estimate of drug-likeness (QED) is 0.416. The van der Waals surface area contributed by atoms with Gasteiger partial charge in [-0.15, -0.1) is 0 Å². The number of amides is 1. The second kappa shape index (κ2) is 11.8. The maximum Gasteiger partial charge on any atom is 0.410 e. The van der Waals surface area contributed by atoms with Gasteiger partial charge >= 0.3 is 6.09 Å². The SMILES string of the molecule is CCCN(c1ccnc2ncnn12)[C@H](C)COc1cccc2c1CN(C(=O)OCCCCN)CC2. The molecule has 10 nitrogen and oxygen atoms in total. The van der Waals surface area contributed by atoms with Crippen LogP contribution in [0, 0.1) is 0 Å². The number of unbranched alkanes of at least 4 members (excludes halogenated alkanes) is 1. The van der Waals surface area contributed by atoms with Crippen molar-refractivity contribution in [3.8, 4) is 5.75 Å². The molecule has 2 aromatic heterocycles. The molecule has 0 saturated heterocycles. The van der Waals surface area contributed by atoms with Crippen molar-refractivity contribution in [2.24, 2.45) is 5.73 Å². The zero-order valence-corrected chi connectivity index (χ0v) is 20.6. The normalized spacial score (nSPS) is 14.0. The molecular formula is C25H35N7O3. The van der Waals surface area contributed by atoms with E-state index in [0.29, 0.717) is 38.6 Å². The average Bonchev–Trinajstić information content (AvgIpc) is 3.37. The molecule has 0 fully saturated rings. The molecule has 3 heterocycles. The van der Waals surface area contributed by atoms with Crippen LogP contribution in [-0.2, 0) is 17.7 Å². The number of carbonyl (C=O) groups excluding carboxylic acids is 1. The minimum atomic E-state index is -0.278. The third-order valence-corrected chi connectivity index (χ3v) is 6.24. The first-order chi connectivity index (χ1) is 17.1. The largest absolute Gasteiger partial charge is 0.491 e. The first kappa shape index (κ1) is 24.7. The maximum absolute atomic E-state index is 12.6. The Labute approximate surface area is 206 Å². The molecule has 1 aliphatic heterocycles. The van der Waals surface area contributed by atoms with Gasteiger partial charge in [0, 0.05) is 24.8 Å². The zero-order valence-electron chi connectivity index (χ0n) is 20.6. The lowest BCUT2D eigenvalue weighted by Gasteiger charge is -2.32. The molecule has 35 heavy (non-hydrogen) atoms. The summed E-state index contributed by atoms with van der Waals surface area (Å²) in [7, 11) is 0. The molecule has 2 N–H and O–H groups in total. The fraction of sp³-hybridized carbons (Fsp3) is 0.520. The minimum absolute atomic E-state index is 0.0767. The molecule has 0 unspecified atom stereocenters. The van der Waals surface area contributed by atoms with Gasteiger partial charge in [0.1, 0.15) is 24.5 Å². The van der Waals surface area contributed by atoms with Crippen LogP contribution >= 0.6 is 0 Å². The van der Waals surface area contributed by atoms with Gasteiger partial charge in [-0.1, -0.05) is 19.1 Å². The molecule has 1 aliphatic rings. The van der Waals surface area contributed by atoms with Gasteiger partial charge in [0.2, 0.25) is 0 Å². The van der Waals surface area contributed by atoms with E-state index in [1.54, 1.807) is 15.6 Å². The summed E-state index contributed by atoms with van der Waals surface area (Å²) in [5.74, 6) is 2.32. The Kier molecular flexibility index (Phi) is 8.36. The lowest BCUT2D eigenvalue weighted by atomic mass is 9.99. The zero-order chi connectivity index (χ0) is 24.6. The van der Waals surface area contributed by atoms with E-state index in [2.05, 4.69) is 39.9 Å². The fourth-order valence-corrected chi connectivity index (χ4v) is 4.38. The lowest BCUT2D eigenvalue weighted by Crippen LogP contribution is -2.40. The summed E-state index contributed by atoms with van der Waals surface area (Å²) in [6.07, 6.45) is 6.39. The van der Waals surface area contributed by atoms with Gasteiger partial charge in [-0.2, -0.15) is 14.6 Å². The van der Waals surface area contributed by atoms with Crippen LogP contribution < -0.4 is 15.4 Å². The smallest absolute Gasteiger partial charge is 0.410 e. The Morgan fingerprint density at radius 2 is 2.14 bits per heavy atom. The van der Waals surface area contributed by atoms with Gasteiger partial charge in [-0.25, -0.2) is 9.78 Å². The summed E-state index contributed by atoms with van der Waals surface area (Å²) in [4.78, 5) is 25.1. The Morgan fingerprint density at radius 3 is 2.97 bits per heavy atom. The van der Waals surface area contributed by atoms with Gasteiger partial charge < -0.3 is 25.0 Å². The summed E-state index contributed by atoms with van der Waals surface area (Å²) < 4.78 is 13.5. The van der Waals surface area contributed by atoms with E-state index >= 15 is 0 Å². The predicted octanol–water partition coefficient (Wildman–Crippen LogP) is 3.04. The number of nitrogens with zero attached hydrogens (tertiary/aromatic N) is 6. The molecule has 10 heteroatoms. The Hall–Kier alpha value is -3.40. The number of benzene rings is 1. The predicted molar refractivity (Wildman–Crippen MR) is 134 cm³/mol. The molecule has 3 aromatic rings. The third-order valence-electron chi connectivity index (χ3n) is 6.24. The van der Waals surface area contributed by atoms with E-state index in [9.17, 15) is 4.79 Å². The molecule has 188 valence electrons. The Morgan fingerprint density at radius 1 is 1.26 bits per heavy atom. The van der Waals surface area contributed by atoms with Gasteiger partial charge in [-0.3, -0.25) is 0 Å². The summed E-state index contributed by atoms with van der Waals surface area (Å²) in [5.41, 5.74) is 7.78. The fourth-order valence-electron chi connectivity index (χ4n) is 4.38. The van der Waals surface area contributed by atoms with Crippen LogP contribution in [0.4, 0.5) is 10.6 Å². The molecule has 1 amide bonds. The van der Waals surface area contributed by atoms with E-state index in [1.165, 1.54) is 11.9 Å². The van der Waals surface area contributed by atoms with E-state index in [-0.39, 0.29) is 12.1 Å². The van der Waals surface area contributed by atoms with Crippen LogP contribution in [0.5, 0.6) is 5.75 Å². The van der Waals surface area contributed by atoms with Crippen molar-refractivity contribution >= 4 is 17.7 Å². The number of ether oxygens (including phenoxy) is 2. The van der Waals surface area contributed by atoms with Crippen LogP contribution in [0.1, 0.15) is 44.2 Å². The number of aromatic nitrogens is 4. The van der Waals surface area contributed by atoms with Crippen LogP contribution in [0.3, 0.4) is 0 Å². The second-order valence-corrected chi connectivity index (χ2v) is 8.80. The number of fused-ring (bicyclic) bond motifs is 2. The van der Waals surface area contributed by atoms with E-state index < -0.39 is 0 Å². The highest BCUT2D eigenvalue weighted by molar-refractivity contribution is 5.68. The van der Waals surface area contributed by atoms with Crippen LogP contribution in [0.25, 0.3) is 5.78 Å². The van der Waals surface area contributed by atoms with Crippen molar-refractivity contribution in [3.05, 3.63) is 47.9 Å². The van der Waals surface area contributed by atoms with E-state index in [0.717, 1.165) is 49.4 Å². The van der Waals surface area contributed by atoms with Gasteiger partial charge in [0.25, 0.3) is 5.78 Å². The molecule has 4 rings (SSSR count). The highest BCUT2D eigenvalue weighted by Gasteiger charge is 2.25. The number of hydrogen-bond acceptors (Lipinski definition) is 8. The van der Waals surface area contributed by atoms with Crippen molar-refractivity contribution in [2.75, 3.05) is 37.7 Å². The monoisotopic (exact) mass is 481 g/mol. The summed E-state index contributed by atoms with van der Waals surface area (Å²) in [6.45, 7) is 7.75. The van der Waals surface area contributed by atoms with Gasteiger partial charge in [0.15, 0.2) is 0 Å². The van der Waals surface area contributed by atoms with Crippen molar-refractivity contribution in [2.45, 2.75) is 52.1 Å². The molecule has 0 saturated carbocycles. The molecule has 0 radical (unpaired) electrons. The standard InChI is InChI=1S/C25H35N7O3/c1-3-13-31(23-9-12-27-24-28-18-29-32(23)24)19(2)17-35-22-8-6-7-20-10-14-30(16-21(20)22)25(33)34-15-5-4-11-26/h6-9,12,18-19H,3-5,10-11,13-17,26H2,1-2H3/t19-/m1/s1. The highest BCUT2D eigenvalue weighted by Crippen LogP contribution is 2.29. The molecular weight excluding hydrogens is 446 g/mol. The van der Waals surface area contributed by atoms with Crippen LogP contribution in [0.2, 0.25) is 0 Å². The Balaban J connectivity index is 1.43. The van der Waals surface area contributed by atoms with E-state index in [1.807, 2.05) is 18.2 Å². The van der Waals surface area contributed by atoms with Crippen molar-refractivity contribution < 1.29 is 14.3 Å². The summed E-state index contributed by atoms with van der Waals surface area (Å²) >= 11 is 0. The lowest BCUT2D eigenvalue weighted by molar-refractivity contribution is 0.0959. The molecule has 1 aromatic carbocycles. The first-order valence-corrected chi connectivity index (χ1v) is 12.4. The van der Waals surface area contributed by atoms with Crippen molar-refractivity contribution in [1.29, 1.82) is 0 Å². The summed E-state index contributed by atoms with van der Waals surface area (Å²) in [5, 5.41) is 4.34. The minimum Gasteiger partial charge on any atom is -0.491 e. The topological polar surface area (TPSA) is 111 Å². The average molecular weight is 482 g/mol. The summed E-state index contributed by atoms with van der Waals surface area (Å²) in [6, 6.07) is 8.14. The molecule has 0 aliphatic carbocycles. The van der Waals surface area contributed by atoms with Crippen LogP contribution in [0.15, 0.2) is 36.8 Å².